The van der Waals surface area contributed by atoms with E-state index in [0.29, 0.717) is 5.82 Å². The van der Waals surface area contributed by atoms with Crippen molar-refractivity contribution in [1.82, 2.24) is 4.98 Å². The number of nitrogens with two attached hydrogens (primary N) is 1. The molecule has 90 valence electrons. The first-order chi connectivity index (χ1) is 7.53. The van der Waals surface area contributed by atoms with Gasteiger partial charge in [-0.1, -0.05) is 13.8 Å². The molecule has 0 spiro atoms. The highest BCUT2D eigenvalue weighted by Gasteiger charge is 2.16. The molecule has 16 heavy (non-hydrogen) atoms. The Morgan fingerprint density at radius 1 is 1.44 bits per heavy atom. The van der Waals surface area contributed by atoms with Crippen LogP contribution in [0.3, 0.4) is 0 Å². The molecule has 1 aromatic rings. The summed E-state index contributed by atoms with van der Waals surface area (Å²) in [6, 6.07) is 3.05. The third-order valence-electron chi connectivity index (χ3n) is 2.53. The lowest BCUT2D eigenvalue weighted by molar-refractivity contribution is 0.350. The average molecular weight is 225 g/mol. The predicted octanol–water partition coefficient (Wildman–Crippen LogP) is 2.40. The van der Waals surface area contributed by atoms with Gasteiger partial charge in [0.15, 0.2) is 0 Å². The van der Waals surface area contributed by atoms with E-state index in [1.807, 2.05) is 0 Å². The fourth-order valence-electron chi connectivity index (χ4n) is 1.48. The molecule has 3 N–H and O–H groups in total. The first-order valence-corrected chi connectivity index (χ1v) is 5.59. The summed E-state index contributed by atoms with van der Waals surface area (Å²) >= 11 is 0. The Morgan fingerprint density at radius 2 is 2.19 bits per heavy atom. The van der Waals surface area contributed by atoms with E-state index < -0.39 is 0 Å². The minimum atomic E-state index is -0.312. The van der Waals surface area contributed by atoms with Crippen molar-refractivity contribution in [2.45, 2.75) is 26.7 Å². The van der Waals surface area contributed by atoms with E-state index in [1.54, 1.807) is 6.07 Å². The van der Waals surface area contributed by atoms with Crippen LogP contribution < -0.4 is 11.1 Å². The normalized spacial score (nSPS) is 11.5. The minimum absolute atomic E-state index is 0.176. The molecule has 0 saturated heterocycles. The fourth-order valence-corrected chi connectivity index (χ4v) is 1.48. The molecule has 0 amide bonds. The number of anilines is 1. The van der Waals surface area contributed by atoms with Gasteiger partial charge in [-0.2, -0.15) is 0 Å². The Morgan fingerprint density at radius 3 is 2.75 bits per heavy atom. The average Bonchev–Trinajstić information content (AvgIpc) is 2.26. The first kappa shape index (κ1) is 12.9. The van der Waals surface area contributed by atoms with Crippen LogP contribution in [-0.2, 0) is 0 Å². The van der Waals surface area contributed by atoms with E-state index >= 15 is 0 Å². The monoisotopic (exact) mass is 225 g/mol. The highest BCUT2D eigenvalue weighted by molar-refractivity contribution is 5.33. The Labute approximate surface area is 96.3 Å². The lowest BCUT2D eigenvalue weighted by Crippen LogP contribution is -2.24. The van der Waals surface area contributed by atoms with Gasteiger partial charge in [-0.15, -0.1) is 0 Å². The van der Waals surface area contributed by atoms with E-state index in [4.69, 9.17) is 5.73 Å². The van der Waals surface area contributed by atoms with Gasteiger partial charge in [0.2, 0.25) is 0 Å². The molecule has 0 aromatic carbocycles. The molecular formula is C12H20FN3. The molecule has 0 unspecified atom stereocenters. The van der Waals surface area contributed by atoms with E-state index in [0.717, 1.165) is 25.9 Å². The maximum absolute atomic E-state index is 12.6. The summed E-state index contributed by atoms with van der Waals surface area (Å²) in [4.78, 5) is 3.95. The summed E-state index contributed by atoms with van der Waals surface area (Å²) in [5, 5.41) is 3.20. The number of aromatic nitrogens is 1. The Bertz CT molecular complexity index is 309. The van der Waals surface area contributed by atoms with Crippen molar-refractivity contribution < 1.29 is 4.39 Å². The third kappa shape index (κ3) is 4.57. The molecule has 4 heteroatoms. The number of nitrogens with zero attached hydrogens (tertiary/aromatic N) is 1. The van der Waals surface area contributed by atoms with Crippen molar-refractivity contribution in [3.05, 3.63) is 24.1 Å². The molecule has 0 aliphatic heterocycles. The summed E-state index contributed by atoms with van der Waals surface area (Å²) in [6.45, 7) is 5.89. The van der Waals surface area contributed by atoms with E-state index in [-0.39, 0.29) is 11.2 Å². The summed E-state index contributed by atoms with van der Waals surface area (Å²) in [5.41, 5.74) is 5.66. The van der Waals surface area contributed by atoms with E-state index in [1.165, 1.54) is 12.3 Å². The smallest absolute Gasteiger partial charge is 0.141 e. The summed E-state index contributed by atoms with van der Waals surface area (Å²) in [6.07, 6.45) is 3.30. The van der Waals surface area contributed by atoms with Crippen molar-refractivity contribution >= 4 is 5.82 Å². The Kier molecular flexibility index (Phi) is 4.68. The largest absolute Gasteiger partial charge is 0.370 e. The molecule has 0 aliphatic carbocycles. The number of nitrogens with one attached hydrogen (secondary N) is 1. The fraction of sp³-hybridized carbons (Fsp3) is 0.583. The Hall–Kier alpha value is -1.16. The molecule has 0 saturated carbocycles. The van der Waals surface area contributed by atoms with Crippen molar-refractivity contribution in [1.29, 1.82) is 0 Å². The third-order valence-corrected chi connectivity index (χ3v) is 2.53. The van der Waals surface area contributed by atoms with Crippen LogP contribution >= 0.6 is 0 Å². The van der Waals surface area contributed by atoms with Crippen molar-refractivity contribution in [2.75, 3.05) is 18.4 Å². The standard InChI is InChI=1S/C12H20FN3/c1-12(2,6-3-7-14)9-16-11-5-4-10(13)8-15-11/h4-5,8H,3,6-7,9,14H2,1-2H3,(H,15,16). The van der Waals surface area contributed by atoms with Crippen LogP contribution in [0.1, 0.15) is 26.7 Å². The van der Waals surface area contributed by atoms with Gasteiger partial charge in [0, 0.05) is 6.54 Å². The van der Waals surface area contributed by atoms with Gasteiger partial charge in [0.05, 0.1) is 6.20 Å². The van der Waals surface area contributed by atoms with Crippen LogP contribution in [0.5, 0.6) is 0 Å². The maximum atomic E-state index is 12.6. The first-order valence-electron chi connectivity index (χ1n) is 5.59. The zero-order valence-electron chi connectivity index (χ0n) is 9.96. The van der Waals surface area contributed by atoms with Crippen LogP contribution in [0.4, 0.5) is 10.2 Å². The van der Waals surface area contributed by atoms with Gasteiger partial charge in [0.1, 0.15) is 11.6 Å². The molecule has 0 fully saturated rings. The van der Waals surface area contributed by atoms with Gasteiger partial charge in [-0.3, -0.25) is 0 Å². The highest BCUT2D eigenvalue weighted by atomic mass is 19.1. The van der Waals surface area contributed by atoms with Crippen LogP contribution in [0.25, 0.3) is 0 Å². The second-order valence-electron chi connectivity index (χ2n) is 4.77. The zero-order chi connectivity index (χ0) is 12.0. The molecule has 0 atom stereocenters. The van der Waals surface area contributed by atoms with Crippen molar-refractivity contribution in [3.8, 4) is 0 Å². The summed E-state index contributed by atoms with van der Waals surface area (Å²) in [5.74, 6) is 0.398. The molecule has 1 heterocycles. The van der Waals surface area contributed by atoms with Crippen molar-refractivity contribution in [2.24, 2.45) is 11.1 Å². The molecule has 0 radical (unpaired) electrons. The molecule has 1 aromatic heterocycles. The van der Waals surface area contributed by atoms with Gasteiger partial charge >= 0.3 is 0 Å². The molecule has 0 bridgehead atoms. The highest BCUT2D eigenvalue weighted by Crippen LogP contribution is 2.22. The minimum Gasteiger partial charge on any atom is -0.370 e. The quantitative estimate of drug-likeness (QED) is 0.781. The number of pyridine rings is 1. The van der Waals surface area contributed by atoms with Crippen LogP contribution in [0.2, 0.25) is 0 Å². The number of hydrogen-bond donors (Lipinski definition) is 2. The summed E-state index contributed by atoms with van der Waals surface area (Å²) in [7, 11) is 0. The van der Waals surface area contributed by atoms with Crippen LogP contribution in [-0.4, -0.2) is 18.1 Å². The number of rotatable bonds is 6. The molecule has 0 aliphatic rings. The molecule has 1 rings (SSSR count). The summed E-state index contributed by atoms with van der Waals surface area (Å²) < 4.78 is 12.6. The SMILES string of the molecule is CC(C)(CCCN)CNc1ccc(F)cn1. The molecule has 3 nitrogen and oxygen atoms in total. The number of hydrogen-bond acceptors (Lipinski definition) is 3. The van der Waals surface area contributed by atoms with E-state index in [2.05, 4.69) is 24.1 Å². The zero-order valence-corrected chi connectivity index (χ0v) is 9.96. The van der Waals surface area contributed by atoms with Crippen molar-refractivity contribution in [3.63, 3.8) is 0 Å². The second-order valence-corrected chi connectivity index (χ2v) is 4.77. The Balaban J connectivity index is 2.41. The van der Waals surface area contributed by atoms with Gasteiger partial charge in [-0.05, 0) is 36.9 Å². The maximum Gasteiger partial charge on any atom is 0.141 e. The second kappa shape index (κ2) is 5.80. The number of halogens is 1. The van der Waals surface area contributed by atoms with Crippen LogP contribution in [0, 0.1) is 11.2 Å². The van der Waals surface area contributed by atoms with Crippen LogP contribution in [0.15, 0.2) is 18.3 Å². The van der Waals surface area contributed by atoms with Gasteiger partial charge in [-0.25, -0.2) is 9.37 Å². The molecular weight excluding hydrogens is 205 g/mol. The van der Waals surface area contributed by atoms with E-state index in [9.17, 15) is 4.39 Å². The predicted molar refractivity (Wildman–Crippen MR) is 64.8 cm³/mol. The lowest BCUT2D eigenvalue weighted by Gasteiger charge is -2.24. The van der Waals surface area contributed by atoms with Gasteiger partial charge in [0.25, 0.3) is 0 Å². The van der Waals surface area contributed by atoms with Gasteiger partial charge < -0.3 is 11.1 Å². The topological polar surface area (TPSA) is 50.9 Å². The lowest BCUT2D eigenvalue weighted by atomic mass is 9.88.